The summed E-state index contributed by atoms with van der Waals surface area (Å²) in [6, 6.07) is 0.157. The van der Waals surface area contributed by atoms with Gasteiger partial charge in [-0.3, -0.25) is 9.69 Å². The van der Waals surface area contributed by atoms with Gasteiger partial charge >= 0.3 is 6.18 Å². The molecule has 1 aliphatic heterocycles. The summed E-state index contributed by atoms with van der Waals surface area (Å²) in [7, 11) is 0. The van der Waals surface area contributed by atoms with Crippen molar-refractivity contribution in [1.82, 2.24) is 20.2 Å². The average molecular weight is 480 g/mol. The van der Waals surface area contributed by atoms with Crippen molar-refractivity contribution in [2.75, 3.05) is 37.6 Å². The zero-order valence-electron chi connectivity index (χ0n) is 19.6. The average Bonchev–Trinajstić information content (AvgIpc) is 3.39. The van der Waals surface area contributed by atoms with Crippen LogP contribution in [0, 0.1) is 6.92 Å². The van der Waals surface area contributed by atoms with Crippen LogP contribution in [0.4, 0.5) is 19.2 Å². The second-order valence-corrected chi connectivity index (χ2v) is 8.50. The molecule has 0 aromatic carbocycles. The van der Waals surface area contributed by atoms with E-state index < -0.39 is 12.7 Å². The minimum atomic E-state index is -4.22. The lowest BCUT2D eigenvalue weighted by atomic mass is 9.99. The molecule has 2 aromatic heterocycles. The van der Waals surface area contributed by atoms with Crippen molar-refractivity contribution in [3.05, 3.63) is 53.7 Å². The number of nitrogens with one attached hydrogen (secondary N) is 2. The third kappa shape index (κ3) is 6.99. The van der Waals surface area contributed by atoms with Crippen LogP contribution in [0.2, 0.25) is 0 Å². The highest BCUT2D eigenvalue weighted by Gasteiger charge is 2.33. The van der Waals surface area contributed by atoms with E-state index in [-0.39, 0.29) is 36.8 Å². The number of allylic oxidation sites excluding steroid dienone is 2. The molecule has 1 saturated heterocycles. The van der Waals surface area contributed by atoms with Gasteiger partial charge in [-0.1, -0.05) is 38.2 Å². The van der Waals surface area contributed by atoms with Crippen LogP contribution in [-0.2, 0) is 6.42 Å². The summed E-state index contributed by atoms with van der Waals surface area (Å²) < 4.78 is 43.4. The number of aryl methyl sites for hydroxylation is 1. The topological polar surface area (TPSA) is 77.4 Å². The van der Waals surface area contributed by atoms with Crippen LogP contribution in [0.5, 0.6) is 0 Å². The Hall–Kier alpha value is -3.01. The third-order valence-electron chi connectivity index (χ3n) is 5.81. The molecule has 2 aromatic rings. The number of carbonyl (C=O) groups excluding carboxylic acids is 1. The summed E-state index contributed by atoms with van der Waals surface area (Å²) in [6.07, 6.45) is 7.06. The number of oxazole rings is 1. The van der Waals surface area contributed by atoms with Crippen LogP contribution in [0.15, 0.2) is 35.5 Å². The van der Waals surface area contributed by atoms with Crippen molar-refractivity contribution in [2.24, 2.45) is 0 Å². The number of carbonyl (C=O) groups is 1. The first kappa shape index (κ1) is 25.6. The Kier molecular flexibility index (Phi) is 8.60. The fraction of sp³-hybridized carbons (Fsp3) is 0.500. The molecular weight excluding hydrogens is 447 g/mol. The quantitative estimate of drug-likeness (QED) is 0.496. The number of alkyl halides is 3. The number of aromatic nitrogens is 2. The van der Waals surface area contributed by atoms with Gasteiger partial charge in [0.1, 0.15) is 0 Å². The molecule has 0 spiro atoms. The first-order valence-electron chi connectivity index (χ1n) is 11.5. The molecule has 34 heavy (non-hydrogen) atoms. The number of nitrogens with zero attached hydrogens (tertiary/aromatic N) is 3. The lowest BCUT2D eigenvalue weighted by Crippen LogP contribution is -2.49. The second-order valence-electron chi connectivity index (χ2n) is 8.50. The van der Waals surface area contributed by atoms with Gasteiger partial charge in [0.05, 0.1) is 12.7 Å². The third-order valence-corrected chi connectivity index (χ3v) is 5.81. The summed E-state index contributed by atoms with van der Waals surface area (Å²) in [5.41, 5.74) is 3.23. The molecule has 0 saturated carbocycles. The second kappa shape index (κ2) is 11.4. The Bertz CT molecular complexity index is 987. The van der Waals surface area contributed by atoms with Crippen LogP contribution in [-0.4, -0.2) is 65.7 Å². The van der Waals surface area contributed by atoms with Crippen LogP contribution < -0.4 is 10.2 Å². The van der Waals surface area contributed by atoms with Crippen molar-refractivity contribution in [3.63, 3.8) is 0 Å². The molecule has 3 heterocycles. The zero-order chi connectivity index (χ0) is 24.7. The lowest BCUT2D eigenvalue weighted by Gasteiger charge is -2.34. The van der Waals surface area contributed by atoms with Crippen molar-refractivity contribution >= 4 is 18.0 Å². The van der Waals surface area contributed by atoms with Crippen LogP contribution >= 0.6 is 0 Å². The number of H-pyrrole nitrogens is 1. The minimum absolute atomic E-state index is 0.0888. The molecule has 0 radical (unpaired) electrons. The molecule has 1 atom stereocenters. The van der Waals surface area contributed by atoms with Gasteiger partial charge in [-0.25, -0.2) is 4.98 Å². The molecule has 10 heteroatoms. The summed E-state index contributed by atoms with van der Waals surface area (Å²) in [5.74, 6) is -0.269. The molecule has 3 rings (SSSR count). The Balaban J connectivity index is 1.60. The van der Waals surface area contributed by atoms with Crippen molar-refractivity contribution in [1.29, 1.82) is 0 Å². The molecule has 2 N–H and O–H groups in total. The molecular formula is C24H32F3N5O2. The summed E-state index contributed by atoms with van der Waals surface area (Å²) in [4.78, 5) is 23.4. The number of rotatable bonds is 10. The maximum Gasteiger partial charge on any atom is 0.401 e. The zero-order valence-corrected chi connectivity index (χ0v) is 19.6. The Morgan fingerprint density at radius 2 is 2.09 bits per heavy atom. The predicted octanol–water partition coefficient (Wildman–Crippen LogP) is 4.34. The van der Waals surface area contributed by atoms with E-state index in [9.17, 15) is 18.0 Å². The van der Waals surface area contributed by atoms with Gasteiger partial charge < -0.3 is 19.6 Å². The number of halogens is 3. The number of amides is 1. The van der Waals surface area contributed by atoms with Crippen molar-refractivity contribution < 1.29 is 22.4 Å². The Morgan fingerprint density at radius 3 is 2.74 bits per heavy atom. The molecule has 0 aliphatic carbocycles. The Morgan fingerprint density at radius 1 is 1.35 bits per heavy atom. The summed E-state index contributed by atoms with van der Waals surface area (Å²) in [6.45, 7) is 8.05. The van der Waals surface area contributed by atoms with Gasteiger partial charge in [-0.05, 0) is 30.9 Å². The van der Waals surface area contributed by atoms with E-state index in [1.165, 1.54) is 11.1 Å². The normalized spacial score (nSPS) is 16.2. The van der Waals surface area contributed by atoms with E-state index in [0.29, 0.717) is 19.5 Å². The first-order valence-corrected chi connectivity index (χ1v) is 11.5. The van der Waals surface area contributed by atoms with E-state index in [2.05, 4.69) is 28.8 Å². The highest BCUT2D eigenvalue weighted by molar-refractivity contribution is 5.91. The van der Waals surface area contributed by atoms with Crippen molar-refractivity contribution in [3.8, 4) is 0 Å². The molecule has 1 fully saturated rings. The Labute approximate surface area is 197 Å². The number of hydrogen-bond acceptors (Lipinski definition) is 5. The van der Waals surface area contributed by atoms with Gasteiger partial charge in [0, 0.05) is 44.1 Å². The largest absolute Gasteiger partial charge is 0.418 e. The highest BCUT2D eigenvalue weighted by Crippen LogP contribution is 2.22. The first-order chi connectivity index (χ1) is 16.2. The molecule has 7 nitrogen and oxygen atoms in total. The maximum atomic E-state index is 12.9. The monoisotopic (exact) mass is 479 g/mol. The molecule has 186 valence electrons. The van der Waals surface area contributed by atoms with Crippen LogP contribution in [0.3, 0.4) is 0 Å². The summed E-state index contributed by atoms with van der Waals surface area (Å²) in [5, 5.41) is 3.04. The van der Waals surface area contributed by atoms with Gasteiger partial charge in [0.15, 0.2) is 0 Å². The molecule has 0 bridgehead atoms. The lowest BCUT2D eigenvalue weighted by molar-refractivity contribution is -0.146. The predicted molar refractivity (Wildman–Crippen MR) is 126 cm³/mol. The van der Waals surface area contributed by atoms with E-state index in [1.54, 1.807) is 11.0 Å². The van der Waals surface area contributed by atoms with E-state index >= 15 is 0 Å². The number of anilines is 1. The minimum Gasteiger partial charge on any atom is -0.418 e. The van der Waals surface area contributed by atoms with E-state index in [4.69, 9.17) is 4.42 Å². The molecule has 1 amide bonds. The van der Waals surface area contributed by atoms with Gasteiger partial charge in [-0.15, -0.1) is 0 Å². The number of aromatic amines is 1. The van der Waals surface area contributed by atoms with Gasteiger partial charge in [0.25, 0.3) is 11.9 Å². The number of piperazine rings is 1. The standard InChI is InChI=1S/C24H32F3N5O2/c1-4-6-8-20-17(3)28-14-18(20)13-19(7-5-2)30-22(33)21-15-29-23(34-21)32-11-9-31(10-12-32)16-24(25,26)27/h4,6,8,14-15,19,28H,1,5,7,9-13,16H2,2-3H3,(H,30,33)/b8-6-. The number of hydrogen-bond donors (Lipinski definition) is 2. The van der Waals surface area contributed by atoms with Gasteiger partial charge in [0.2, 0.25) is 5.76 Å². The van der Waals surface area contributed by atoms with Crippen LogP contribution in [0.25, 0.3) is 6.08 Å². The van der Waals surface area contributed by atoms with Crippen molar-refractivity contribution in [2.45, 2.75) is 45.3 Å². The fourth-order valence-corrected chi connectivity index (χ4v) is 4.12. The molecule has 1 unspecified atom stereocenters. The van der Waals surface area contributed by atoms with E-state index in [0.717, 1.165) is 29.7 Å². The maximum absolute atomic E-state index is 12.9. The summed E-state index contributed by atoms with van der Waals surface area (Å²) >= 11 is 0. The smallest absolute Gasteiger partial charge is 0.401 e. The van der Waals surface area contributed by atoms with E-state index in [1.807, 2.05) is 25.3 Å². The molecule has 1 aliphatic rings. The SMILES string of the molecule is C=C/C=C\c1c(CC(CCC)NC(=O)c2cnc(N3CCN(CC(F)(F)F)CC3)o2)c[nH]c1C. The fourth-order valence-electron chi connectivity index (χ4n) is 4.12. The highest BCUT2D eigenvalue weighted by atomic mass is 19.4. The van der Waals surface area contributed by atoms with Crippen LogP contribution in [0.1, 0.15) is 47.1 Å². The van der Waals surface area contributed by atoms with Gasteiger partial charge in [-0.2, -0.15) is 13.2 Å².